The van der Waals surface area contributed by atoms with E-state index in [-0.39, 0.29) is 0 Å². The van der Waals surface area contributed by atoms with Crippen molar-refractivity contribution in [2.75, 3.05) is 4.90 Å². The third-order valence-corrected chi connectivity index (χ3v) is 2.27. The van der Waals surface area contributed by atoms with Crippen molar-refractivity contribution in [1.29, 1.82) is 0 Å². The highest BCUT2D eigenvalue weighted by Gasteiger charge is 2.27. The molecular weight excluding hydrogens is 244 g/mol. The average molecular weight is 264 g/mol. The number of rotatable bonds is 2. The number of hydrogen-bond acceptors (Lipinski definition) is 4. The van der Waals surface area contributed by atoms with Gasteiger partial charge in [0.25, 0.3) is 0 Å². The first-order valence-electron chi connectivity index (χ1n) is 6.24. The fourth-order valence-corrected chi connectivity index (χ4v) is 1.48. The molecule has 104 valence electrons. The van der Waals surface area contributed by atoms with Gasteiger partial charge in [-0.25, -0.2) is 9.78 Å². The Morgan fingerprint density at radius 2 is 1.95 bits per heavy atom. The first-order chi connectivity index (χ1) is 8.74. The van der Waals surface area contributed by atoms with Crippen LogP contribution in [0.2, 0.25) is 0 Å². The van der Waals surface area contributed by atoms with Crippen LogP contribution in [0.1, 0.15) is 40.3 Å². The van der Waals surface area contributed by atoms with Crippen molar-refractivity contribution in [2.45, 2.75) is 46.6 Å². The van der Waals surface area contributed by atoms with Gasteiger partial charge in [0, 0.05) is 12.6 Å². The summed E-state index contributed by atoms with van der Waals surface area (Å²) in [5.74, 6) is -0.129. The van der Waals surface area contributed by atoms with Crippen LogP contribution in [0.25, 0.3) is 0 Å². The number of carbonyl (C=O) groups excluding carboxylic acids is 2. The summed E-state index contributed by atoms with van der Waals surface area (Å²) in [7, 11) is 0. The monoisotopic (exact) mass is 264 g/mol. The van der Waals surface area contributed by atoms with Gasteiger partial charge in [0.1, 0.15) is 11.4 Å². The van der Waals surface area contributed by atoms with Gasteiger partial charge < -0.3 is 4.74 Å². The van der Waals surface area contributed by atoms with Gasteiger partial charge >= 0.3 is 6.09 Å². The summed E-state index contributed by atoms with van der Waals surface area (Å²) in [4.78, 5) is 28.9. The third kappa shape index (κ3) is 4.35. The first kappa shape index (κ1) is 15.1. The van der Waals surface area contributed by atoms with Crippen LogP contribution >= 0.6 is 0 Å². The summed E-state index contributed by atoms with van der Waals surface area (Å²) in [5.41, 5.74) is 0.153. The molecule has 0 N–H and O–H groups in total. The lowest BCUT2D eigenvalue weighted by Gasteiger charge is -2.24. The second kappa shape index (κ2) is 5.82. The topological polar surface area (TPSA) is 59.5 Å². The van der Waals surface area contributed by atoms with Crippen molar-refractivity contribution in [3.8, 4) is 0 Å². The standard InChI is InChI=1S/C14H20N2O3/c1-6-11-8-7-9-12(15-11)16(10(2)17)13(18)19-14(3,4)5/h7-9H,6H2,1-5H3. The van der Waals surface area contributed by atoms with Gasteiger partial charge in [-0.15, -0.1) is 0 Å². The Hall–Kier alpha value is -1.91. The molecule has 0 aliphatic rings. The second-order valence-electron chi connectivity index (χ2n) is 5.18. The molecule has 1 aromatic rings. The van der Waals surface area contributed by atoms with Gasteiger partial charge in [-0.1, -0.05) is 13.0 Å². The molecule has 19 heavy (non-hydrogen) atoms. The van der Waals surface area contributed by atoms with E-state index in [2.05, 4.69) is 4.98 Å². The number of nitrogens with zero attached hydrogens (tertiary/aromatic N) is 2. The molecule has 0 bridgehead atoms. The smallest absolute Gasteiger partial charge is 0.422 e. The Morgan fingerprint density at radius 1 is 1.32 bits per heavy atom. The van der Waals surface area contributed by atoms with Crippen molar-refractivity contribution in [3.05, 3.63) is 23.9 Å². The zero-order valence-electron chi connectivity index (χ0n) is 12.1. The predicted octanol–water partition coefficient (Wildman–Crippen LogP) is 2.93. The second-order valence-corrected chi connectivity index (χ2v) is 5.18. The van der Waals surface area contributed by atoms with E-state index in [1.54, 1.807) is 32.9 Å². The molecular formula is C14H20N2O3. The highest BCUT2D eigenvalue weighted by atomic mass is 16.6. The minimum Gasteiger partial charge on any atom is -0.443 e. The van der Waals surface area contributed by atoms with Crippen LogP contribution < -0.4 is 4.90 Å². The highest BCUT2D eigenvalue weighted by molar-refractivity contribution is 6.10. The number of imide groups is 1. The number of amides is 2. The molecule has 0 aromatic carbocycles. The van der Waals surface area contributed by atoms with E-state index in [1.807, 2.05) is 13.0 Å². The van der Waals surface area contributed by atoms with Crippen molar-refractivity contribution in [3.63, 3.8) is 0 Å². The van der Waals surface area contributed by atoms with Gasteiger partial charge in [0.2, 0.25) is 5.91 Å². The van der Waals surface area contributed by atoms with E-state index < -0.39 is 17.6 Å². The largest absolute Gasteiger partial charge is 0.443 e. The van der Waals surface area contributed by atoms with Gasteiger partial charge in [-0.3, -0.25) is 4.79 Å². The van der Waals surface area contributed by atoms with Crippen LogP contribution in [0, 0.1) is 0 Å². The van der Waals surface area contributed by atoms with Crippen molar-refractivity contribution >= 4 is 17.8 Å². The number of anilines is 1. The number of carbonyl (C=O) groups is 2. The maximum atomic E-state index is 12.0. The molecule has 5 nitrogen and oxygen atoms in total. The quantitative estimate of drug-likeness (QED) is 0.824. The molecule has 1 aromatic heterocycles. The number of ether oxygens (including phenoxy) is 1. The molecule has 0 unspecified atom stereocenters. The summed E-state index contributed by atoms with van der Waals surface area (Å²) in [6, 6.07) is 5.23. The lowest BCUT2D eigenvalue weighted by atomic mass is 10.2. The van der Waals surface area contributed by atoms with E-state index in [9.17, 15) is 9.59 Å². The summed E-state index contributed by atoms with van der Waals surface area (Å²) in [6.07, 6.45) is 0.0224. The summed E-state index contributed by atoms with van der Waals surface area (Å²) in [5, 5.41) is 0. The number of pyridine rings is 1. The van der Waals surface area contributed by atoms with Gasteiger partial charge in [0.05, 0.1) is 0 Å². The molecule has 0 spiro atoms. The fraction of sp³-hybridized carbons (Fsp3) is 0.500. The zero-order valence-corrected chi connectivity index (χ0v) is 12.1. The Bertz CT molecular complexity index is 478. The molecule has 2 amide bonds. The van der Waals surface area contributed by atoms with E-state index in [0.29, 0.717) is 5.82 Å². The molecule has 0 saturated heterocycles. The molecule has 0 atom stereocenters. The molecule has 0 radical (unpaired) electrons. The third-order valence-electron chi connectivity index (χ3n) is 2.27. The molecule has 0 aliphatic carbocycles. The van der Waals surface area contributed by atoms with Crippen LogP contribution in [0.3, 0.4) is 0 Å². The van der Waals surface area contributed by atoms with Crippen molar-refractivity contribution in [1.82, 2.24) is 4.98 Å². The number of aromatic nitrogens is 1. The van der Waals surface area contributed by atoms with Crippen LogP contribution in [0.5, 0.6) is 0 Å². The Kier molecular flexibility index (Phi) is 4.64. The minimum absolute atomic E-state index is 0.293. The van der Waals surface area contributed by atoms with Gasteiger partial charge in [0.15, 0.2) is 0 Å². The molecule has 0 fully saturated rings. The fourth-order valence-electron chi connectivity index (χ4n) is 1.48. The Balaban J connectivity index is 3.07. The van der Waals surface area contributed by atoms with Crippen molar-refractivity contribution < 1.29 is 14.3 Å². The highest BCUT2D eigenvalue weighted by Crippen LogP contribution is 2.17. The molecule has 0 aliphatic heterocycles. The Morgan fingerprint density at radius 3 is 2.42 bits per heavy atom. The zero-order chi connectivity index (χ0) is 14.6. The summed E-state index contributed by atoms with van der Waals surface area (Å²) < 4.78 is 5.22. The maximum absolute atomic E-state index is 12.0. The summed E-state index contributed by atoms with van der Waals surface area (Å²) >= 11 is 0. The first-order valence-corrected chi connectivity index (χ1v) is 6.24. The molecule has 1 rings (SSSR count). The van der Waals surface area contributed by atoms with Crippen LogP contribution in [0.4, 0.5) is 10.6 Å². The van der Waals surface area contributed by atoms with Crippen LogP contribution in [-0.2, 0) is 16.0 Å². The molecule has 5 heteroatoms. The normalized spacial score (nSPS) is 11.0. The van der Waals surface area contributed by atoms with E-state index >= 15 is 0 Å². The van der Waals surface area contributed by atoms with Crippen LogP contribution in [-0.4, -0.2) is 22.6 Å². The lowest BCUT2D eigenvalue weighted by molar-refractivity contribution is -0.116. The predicted molar refractivity (Wildman–Crippen MR) is 73.0 cm³/mol. The minimum atomic E-state index is -0.708. The molecule has 0 saturated carbocycles. The number of hydrogen-bond donors (Lipinski definition) is 0. The lowest BCUT2D eigenvalue weighted by Crippen LogP contribution is -2.40. The maximum Gasteiger partial charge on any atom is 0.422 e. The summed E-state index contributed by atoms with van der Waals surface area (Å²) in [6.45, 7) is 8.51. The van der Waals surface area contributed by atoms with Gasteiger partial charge in [-0.2, -0.15) is 4.90 Å². The Labute approximate surface area is 113 Å². The van der Waals surface area contributed by atoms with Crippen LogP contribution in [0.15, 0.2) is 18.2 Å². The number of aryl methyl sites for hydroxylation is 1. The van der Waals surface area contributed by atoms with E-state index in [1.165, 1.54) is 6.92 Å². The average Bonchev–Trinajstić information content (AvgIpc) is 2.26. The van der Waals surface area contributed by atoms with Gasteiger partial charge in [-0.05, 0) is 39.3 Å². The molecule has 1 heterocycles. The SMILES string of the molecule is CCc1cccc(N(C(C)=O)C(=O)OC(C)(C)C)n1. The van der Waals surface area contributed by atoms with E-state index in [0.717, 1.165) is 17.0 Å². The van der Waals surface area contributed by atoms with E-state index in [4.69, 9.17) is 4.74 Å². The van der Waals surface area contributed by atoms with Crippen molar-refractivity contribution in [2.24, 2.45) is 0 Å².